The first-order valence-electron chi connectivity index (χ1n) is 11.5. The number of nitrogens with two attached hydrogens (primary N) is 1. The summed E-state index contributed by atoms with van der Waals surface area (Å²) in [6.07, 6.45) is -1.51. The van der Waals surface area contributed by atoms with Crippen molar-refractivity contribution in [2.24, 2.45) is 5.73 Å². The summed E-state index contributed by atoms with van der Waals surface area (Å²) in [4.78, 5) is 10.5. The third-order valence-corrected chi connectivity index (χ3v) is 5.74. The molecule has 0 amide bonds. The standard InChI is InChI=1S/C25H27F3N6O3/c1-36-19-8-18(9-20(11-19)37-2)34(15-24(35)25(26,27)28)17-4-5-21-22(10-17)32-23(13-30-21)16-12-31-33(14-16)7-3-6-29/h4-5,8-14,24,35H,3,6-7,15,29H2,1-2H3/t24-/m1/s1. The van der Waals surface area contributed by atoms with Crippen LogP contribution in [0.2, 0.25) is 0 Å². The van der Waals surface area contributed by atoms with Crippen molar-refractivity contribution < 1.29 is 27.8 Å². The van der Waals surface area contributed by atoms with Crippen LogP contribution in [0.3, 0.4) is 0 Å². The highest BCUT2D eigenvalue weighted by molar-refractivity contribution is 5.82. The molecule has 0 unspecified atom stereocenters. The fourth-order valence-electron chi connectivity index (χ4n) is 3.76. The van der Waals surface area contributed by atoms with E-state index in [0.29, 0.717) is 52.7 Å². The molecule has 9 nitrogen and oxygen atoms in total. The van der Waals surface area contributed by atoms with Gasteiger partial charge in [-0.25, -0.2) is 4.98 Å². The first-order chi connectivity index (χ1) is 17.7. The molecule has 0 radical (unpaired) electrons. The summed E-state index contributed by atoms with van der Waals surface area (Å²) < 4.78 is 52.4. The van der Waals surface area contributed by atoms with Gasteiger partial charge in [0.15, 0.2) is 6.10 Å². The Morgan fingerprint density at radius 1 is 1.03 bits per heavy atom. The van der Waals surface area contributed by atoms with E-state index in [9.17, 15) is 18.3 Å². The molecule has 0 aliphatic carbocycles. The Balaban J connectivity index is 1.76. The molecule has 3 N–H and O–H groups in total. The van der Waals surface area contributed by atoms with E-state index >= 15 is 0 Å². The summed E-state index contributed by atoms with van der Waals surface area (Å²) in [6.45, 7) is 0.459. The maximum Gasteiger partial charge on any atom is 0.416 e. The van der Waals surface area contributed by atoms with Crippen molar-refractivity contribution in [2.45, 2.75) is 25.2 Å². The summed E-state index contributed by atoms with van der Waals surface area (Å²) in [6, 6.07) is 9.64. The van der Waals surface area contributed by atoms with Crippen LogP contribution in [0, 0.1) is 0 Å². The first-order valence-corrected chi connectivity index (χ1v) is 11.5. The Bertz CT molecular complexity index is 1340. The Hall–Kier alpha value is -3.90. The second kappa shape index (κ2) is 11.0. The molecule has 2 aromatic heterocycles. The lowest BCUT2D eigenvalue weighted by molar-refractivity contribution is -0.199. The second-order valence-corrected chi connectivity index (χ2v) is 8.30. The van der Waals surface area contributed by atoms with Crippen LogP contribution in [-0.2, 0) is 6.54 Å². The van der Waals surface area contributed by atoms with E-state index in [1.54, 1.807) is 53.5 Å². The summed E-state index contributed by atoms with van der Waals surface area (Å²) in [5.41, 5.74) is 8.61. The van der Waals surface area contributed by atoms with Crippen LogP contribution in [0.4, 0.5) is 24.5 Å². The van der Waals surface area contributed by atoms with Crippen molar-refractivity contribution >= 4 is 22.4 Å². The van der Waals surface area contributed by atoms with Gasteiger partial charge >= 0.3 is 6.18 Å². The number of aliphatic hydroxyl groups is 1. The molecule has 0 fully saturated rings. The minimum atomic E-state index is -4.81. The van der Waals surface area contributed by atoms with Gasteiger partial charge in [0.25, 0.3) is 0 Å². The Labute approximate surface area is 211 Å². The highest BCUT2D eigenvalue weighted by Gasteiger charge is 2.39. The second-order valence-electron chi connectivity index (χ2n) is 8.30. The van der Waals surface area contributed by atoms with Crippen LogP contribution in [0.5, 0.6) is 11.5 Å². The van der Waals surface area contributed by atoms with E-state index in [1.807, 2.05) is 6.20 Å². The predicted octanol–water partition coefficient (Wildman–Crippen LogP) is 3.92. The first kappa shape index (κ1) is 26.2. The van der Waals surface area contributed by atoms with Crippen molar-refractivity contribution in [3.05, 3.63) is 55.0 Å². The van der Waals surface area contributed by atoms with Crippen LogP contribution in [0.1, 0.15) is 6.42 Å². The molecule has 0 spiro atoms. The van der Waals surface area contributed by atoms with Crippen LogP contribution in [-0.4, -0.2) is 64.4 Å². The van der Waals surface area contributed by atoms with E-state index in [0.717, 1.165) is 12.0 Å². The molecular formula is C25H27F3N6O3. The molecule has 196 valence electrons. The van der Waals surface area contributed by atoms with Crippen molar-refractivity contribution in [3.8, 4) is 22.8 Å². The molecule has 12 heteroatoms. The molecule has 4 aromatic rings. The molecule has 0 saturated carbocycles. The number of fused-ring (bicyclic) bond motifs is 1. The number of aromatic nitrogens is 4. The van der Waals surface area contributed by atoms with Gasteiger partial charge in [0.1, 0.15) is 11.5 Å². The zero-order valence-corrected chi connectivity index (χ0v) is 20.3. The van der Waals surface area contributed by atoms with Crippen molar-refractivity contribution in [1.29, 1.82) is 0 Å². The SMILES string of the molecule is COc1cc(OC)cc(N(C[C@@H](O)C(F)(F)F)c2ccc3ncc(-c4cnn(CCCN)c4)nc3c2)c1. The lowest BCUT2D eigenvalue weighted by Gasteiger charge is -2.29. The molecule has 0 aliphatic heterocycles. The number of benzene rings is 2. The minimum absolute atomic E-state index is 0.337. The molecule has 0 aliphatic rings. The van der Waals surface area contributed by atoms with Crippen LogP contribution in [0.25, 0.3) is 22.3 Å². The van der Waals surface area contributed by atoms with Gasteiger partial charge < -0.3 is 25.2 Å². The van der Waals surface area contributed by atoms with E-state index in [1.165, 1.54) is 19.1 Å². The quantitative estimate of drug-likeness (QED) is 0.326. The number of hydrogen-bond acceptors (Lipinski definition) is 8. The van der Waals surface area contributed by atoms with Gasteiger partial charge in [-0.05, 0) is 31.2 Å². The number of anilines is 2. The van der Waals surface area contributed by atoms with Gasteiger partial charge in [0.2, 0.25) is 0 Å². The summed E-state index contributed by atoms with van der Waals surface area (Å²) in [7, 11) is 2.89. The number of rotatable bonds is 10. The lowest BCUT2D eigenvalue weighted by Crippen LogP contribution is -2.39. The van der Waals surface area contributed by atoms with Crippen molar-refractivity contribution in [2.75, 3.05) is 32.2 Å². The number of alkyl halides is 3. The average Bonchev–Trinajstić information content (AvgIpc) is 3.37. The van der Waals surface area contributed by atoms with E-state index in [2.05, 4.69) is 15.1 Å². The molecule has 1 atom stereocenters. The number of halogens is 3. The van der Waals surface area contributed by atoms with Crippen LogP contribution < -0.4 is 20.1 Å². The topological polar surface area (TPSA) is 112 Å². The van der Waals surface area contributed by atoms with Gasteiger partial charge in [0, 0.05) is 47.9 Å². The van der Waals surface area contributed by atoms with Crippen LogP contribution >= 0.6 is 0 Å². The number of aliphatic hydroxyl groups excluding tert-OH is 1. The zero-order chi connectivity index (χ0) is 26.6. The molecule has 2 heterocycles. The van der Waals surface area contributed by atoms with Gasteiger partial charge in [0.05, 0.1) is 49.9 Å². The smallest absolute Gasteiger partial charge is 0.416 e. The molecule has 0 saturated heterocycles. The highest BCUT2D eigenvalue weighted by atomic mass is 19.4. The lowest BCUT2D eigenvalue weighted by atomic mass is 10.1. The summed E-state index contributed by atoms with van der Waals surface area (Å²) in [5.74, 6) is 0.769. The van der Waals surface area contributed by atoms with Crippen molar-refractivity contribution in [3.63, 3.8) is 0 Å². The van der Waals surface area contributed by atoms with Gasteiger partial charge in [-0.2, -0.15) is 18.3 Å². The maximum absolute atomic E-state index is 13.3. The minimum Gasteiger partial charge on any atom is -0.497 e. The van der Waals surface area contributed by atoms with Crippen molar-refractivity contribution in [1.82, 2.24) is 19.7 Å². The highest BCUT2D eigenvalue weighted by Crippen LogP contribution is 2.35. The number of aryl methyl sites for hydroxylation is 1. The summed E-state index contributed by atoms with van der Waals surface area (Å²) >= 11 is 0. The van der Waals surface area contributed by atoms with Gasteiger partial charge in [-0.15, -0.1) is 0 Å². The number of ether oxygens (including phenoxy) is 2. The average molecular weight is 517 g/mol. The Morgan fingerprint density at radius 3 is 2.41 bits per heavy atom. The number of methoxy groups -OCH3 is 2. The fraction of sp³-hybridized carbons (Fsp3) is 0.320. The van der Waals surface area contributed by atoms with E-state index < -0.39 is 18.8 Å². The monoisotopic (exact) mass is 516 g/mol. The molecule has 4 rings (SSSR count). The maximum atomic E-state index is 13.3. The largest absolute Gasteiger partial charge is 0.497 e. The van der Waals surface area contributed by atoms with E-state index in [-0.39, 0.29) is 0 Å². The summed E-state index contributed by atoms with van der Waals surface area (Å²) in [5, 5.41) is 14.2. The normalized spacial score (nSPS) is 12.5. The number of hydrogen-bond donors (Lipinski definition) is 2. The molecule has 0 bridgehead atoms. The molecule has 2 aromatic carbocycles. The third kappa shape index (κ3) is 6.09. The van der Waals surface area contributed by atoms with Gasteiger partial charge in [-0.3, -0.25) is 9.67 Å². The Kier molecular flexibility index (Phi) is 7.79. The Morgan fingerprint density at radius 2 is 1.76 bits per heavy atom. The predicted molar refractivity (Wildman–Crippen MR) is 133 cm³/mol. The van der Waals surface area contributed by atoms with Crippen LogP contribution in [0.15, 0.2) is 55.0 Å². The van der Waals surface area contributed by atoms with Gasteiger partial charge in [-0.1, -0.05) is 0 Å². The number of nitrogens with zero attached hydrogens (tertiary/aromatic N) is 5. The third-order valence-electron chi connectivity index (χ3n) is 5.74. The fourth-order valence-corrected chi connectivity index (χ4v) is 3.76. The molecular weight excluding hydrogens is 489 g/mol. The van der Waals surface area contributed by atoms with E-state index in [4.69, 9.17) is 15.2 Å². The zero-order valence-electron chi connectivity index (χ0n) is 20.3. The molecule has 37 heavy (non-hydrogen) atoms.